The zero-order valence-corrected chi connectivity index (χ0v) is 17.0. The van der Waals surface area contributed by atoms with Gasteiger partial charge in [0.25, 0.3) is 0 Å². The van der Waals surface area contributed by atoms with Crippen LogP contribution in [0.1, 0.15) is 18.2 Å². The molecule has 3 rings (SSSR count). The maximum absolute atomic E-state index is 5.73. The van der Waals surface area contributed by atoms with E-state index in [1.54, 1.807) is 27.6 Å². The van der Waals surface area contributed by atoms with E-state index in [2.05, 4.69) is 48.0 Å². The van der Waals surface area contributed by atoms with E-state index in [-0.39, 0.29) is 0 Å². The number of hydrogen-bond donors (Lipinski definition) is 0. The molecule has 0 aliphatic carbocycles. The summed E-state index contributed by atoms with van der Waals surface area (Å²) in [5, 5.41) is 0. The number of benzene rings is 2. The van der Waals surface area contributed by atoms with Gasteiger partial charge >= 0.3 is 0 Å². The van der Waals surface area contributed by atoms with E-state index in [1.165, 1.54) is 5.56 Å². The van der Waals surface area contributed by atoms with Crippen LogP contribution in [0.25, 0.3) is 11.5 Å². The largest absolute Gasteiger partial charge is 0.493 e. The zero-order valence-electron chi connectivity index (χ0n) is 17.0. The van der Waals surface area contributed by atoms with Crippen molar-refractivity contribution >= 4 is 5.69 Å². The fraction of sp³-hybridized carbons (Fsp3) is 0.318. The summed E-state index contributed by atoms with van der Waals surface area (Å²) in [4.78, 5) is 6.90. The summed E-state index contributed by atoms with van der Waals surface area (Å²) in [6.45, 7) is 5.74. The zero-order chi connectivity index (χ0) is 20.1. The van der Waals surface area contributed by atoms with Crippen molar-refractivity contribution in [1.82, 2.24) is 4.98 Å². The van der Waals surface area contributed by atoms with Gasteiger partial charge in [-0.25, -0.2) is 4.98 Å². The van der Waals surface area contributed by atoms with Gasteiger partial charge in [0.05, 0.1) is 33.6 Å². The lowest BCUT2D eigenvalue weighted by molar-refractivity contribution is 0.324. The first-order valence-corrected chi connectivity index (χ1v) is 9.16. The van der Waals surface area contributed by atoms with Crippen molar-refractivity contribution in [1.29, 1.82) is 0 Å². The van der Waals surface area contributed by atoms with Crippen LogP contribution >= 0.6 is 0 Å². The van der Waals surface area contributed by atoms with Gasteiger partial charge in [-0.1, -0.05) is 17.7 Å². The van der Waals surface area contributed by atoms with Gasteiger partial charge in [-0.05, 0) is 38.1 Å². The summed E-state index contributed by atoms with van der Waals surface area (Å²) in [6.07, 6.45) is 1.69. The highest BCUT2D eigenvalue weighted by Crippen LogP contribution is 2.41. The van der Waals surface area contributed by atoms with Crippen molar-refractivity contribution in [3.63, 3.8) is 0 Å². The summed E-state index contributed by atoms with van der Waals surface area (Å²) < 4.78 is 21.9. The van der Waals surface area contributed by atoms with Crippen LogP contribution in [-0.4, -0.2) is 32.9 Å². The molecule has 0 radical (unpaired) electrons. The number of methoxy groups -OCH3 is 3. The summed E-state index contributed by atoms with van der Waals surface area (Å²) in [5.74, 6) is 2.17. The third kappa shape index (κ3) is 4.06. The third-order valence-corrected chi connectivity index (χ3v) is 4.60. The maximum atomic E-state index is 5.73. The molecule has 2 aromatic carbocycles. The van der Waals surface area contributed by atoms with Gasteiger partial charge in [-0.3, -0.25) is 0 Å². The number of hydrogen-bond acceptors (Lipinski definition) is 6. The van der Waals surface area contributed by atoms with E-state index in [0.717, 1.165) is 23.5 Å². The molecule has 0 saturated carbocycles. The second-order valence-corrected chi connectivity index (χ2v) is 6.41. The standard InChI is InChI=1S/C22H26N2O4/c1-6-24(18-9-7-15(2)8-10-18)13-17-14-28-22(23-17)16-11-19(25-3)21(27-5)20(12-16)26-4/h7-12,14H,6,13H2,1-5H3. The molecule has 0 aliphatic rings. The molecule has 3 aromatic rings. The van der Waals surface area contributed by atoms with Crippen LogP contribution in [-0.2, 0) is 6.54 Å². The molecule has 1 aromatic heterocycles. The van der Waals surface area contributed by atoms with Crippen molar-refractivity contribution in [2.24, 2.45) is 0 Å². The minimum atomic E-state index is 0.509. The second kappa shape index (κ2) is 8.69. The van der Waals surface area contributed by atoms with Crippen molar-refractivity contribution in [3.8, 4) is 28.7 Å². The second-order valence-electron chi connectivity index (χ2n) is 6.41. The van der Waals surface area contributed by atoms with Crippen LogP contribution in [0, 0.1) is 6.92 Å². The van der Waals surface area contributed by atoms with E-state index in [0.29, 0.717) is 29.7 Å². The average molecular weight is 382 g/mol. The van der Waals surface area contributed by atoms with E-state index >= 15 is 0 Å². The van der Waals surface area contributed by atoms with Crippen molar-refractivity contribution in [2.75, 3.05) is 32.8 Å². The molecule has 0 amide bonds. The summed E-state index contributed by atoms with van der Waals surface area (Å²) in [6, 6.07) is 12.1. The van der Waals surface area contributed by atoms with Gasteiger partial charge in [0.1, 0.15) is 6.26 Å². The van der Waals surface area contributed by atoms with Gasteiger partial charge in [0.2, 0.25) is 11.6 Å². The lowest BCUT2D eigenvalue weighted by Gasteiger charge is -2.21. The van der Waals surface area contributed by atoms with E-state index in [1.807, 2.05) is 12.1 Å². The van der Waals surface area contributed by atoms with Gasteiger partial charge in [0.15, 0.2) is 11.5 Å². The number of aromatic nitrogens is 1. The first-order valence-electron chi connectivity index (χ1n) is 9.16. The molecular formula is C22H26N2O4. The Labute approximate surface area is 165 Å². The molecule has 28 heavy (non-hydrogen) atoms. The van der Waals surface area contributed by atoms with Crippen LogP contribution in [0.5, 0.6) is 17.2 Å². The van der Waals surface area contributed by atoms with Crippen molar-refractivity contribution in [3.05, 3.63) is 53.9 Å². The Morgan fingerprint density at radius 2 is 1.61 bits per heavy atom. The lowest BCUT2D eigenvalue weighted by atomic mass is 10.2. The molecule has 0 bridgehead atoms. The lowest BCUT2D eigenvalue weighted by Crippen LogP contribution is -2.22. The highest BCUT2D eigenvalue weighted by molar-refractivity contribution is 5.66. The maximum Gasteiger partial charge on any atom is 0.226 e. The van der Waals surface area contributed by atoms with Gasteiger partial charge in [-0.15, -0.1) is 0 Å². The summed E-state index contributed by atoms with van der Waals surface area (Å²) >= 11 is 0. The SMILES string of the molecule is CCN(Cc1coc(-c2cc(OC)c(OC)c(OC)c2)n1)c1ccc(C)cc1. The number of oxazole rings is 1. The molecule has 6 nitrogen and oxygen atoms in total. The summed E-state index contributed by atoms with van der Waals surface area (Å²) in [7, 11) is 4.75. The fourth-order valence-corrected chi connectivity index (χ4v) is 3.05. The number of rotatable bonds is 8. The van der Waals surface area contributed by atoms with Gasteiger partial charge in [0, 0.05) is 17.8 Å². The van der Waals surface area contributed by atoms with Crippen LogP contribution < -0.4 is 19.1 Å². The first-order chi connectivity index (χ1) is 13.6. The number of aryl methyl sites for hydroxylation is 1. The Kier molecular flexibility index (Phi) is 6.09. The predicted octanol–water partition coefficient (Wildman–Crippen LogP) is 4.70. The summed E-state index contributed by atoms with van der Waals surface area (Å²) in [5.41, 5.74) is 4.02. The minimum absolute atomic E-state index is 0.509. The first kappa shape index (κ1) is 19.6. The molecule has 0 saturated heterocycles. The molecule has 1 heterocycles. The van der Waals surface area contributed by atoms with Crippen LogP contribution in [0.15, 0.2) is 47.1 Å². The Morgan fingerprint density at radius 3 is 2.14 bits per heavy atom. The number of nitrogens with zero attached hydrogens (tertiary/aromatic N) is 2. The monoisotopic (exact) mass is 382 g/mol. The smallest absolute Gasteiger partial charge is 0.226 e. The average Bonchev–Trinajstić information content (AvgIpc) is 3.20. The van der Waals surface area contributed by atoms with Gasteiger partial charge in [-0.2, -0.15) is 0 Å². The van der Waals surface area contributed by atoms with Crippen LogP contribution in [0.2, 0.25) is 0 Å². The minimum Gasteiger partial charge on any atom is -0.493 e. The normalized spacial score (nSPS) is 10.6. The molecule has 0 N–H and O–H groups in total. The number of ether oxygens (including phenoxy) is 3. The highest BCUT2D eigenvalue weighted by Gasteiger charge is 2.17. The molecule has 0 aliphatic heterocycles. The molecule has 148 valence electrons. The van der Waals surface area contributed by atoms with E-state index < -0.39 is 0 Å². The molecule has 6 heteroatoms. The van der Waals surface area contributed by atoms with Crippen LogP contribution in [0.4, 0.5) is 5.69 Å². The molecule has 0 unspecified atom stereocenters. The highest BCUT2D eigenvalue weighted by atomic mass is 16.5. The predicted molar refractivity (Wildman–Crippen MR) is 109 cm³/mol. The van der Waals surface area contributed by atoms with Crippen LogP contribution in [0.3, 0.4) is 0 Å². The Morgan fingerprint density at radius 1 is 0.964 bits per heavy atom. The molecular weight excluding hydrogens is 356 g/mol. The van der Waals surface area contributed by atoms with Crippen molar-refractivity contribution in [2.45, 2.75) is 20.4 Å². The number of anilines is 1. The van der Waals surface area contributed by atoms with E-state index in [9.17, 15) is 0 Å². The molecule has 0 atom stereocenters. The topological polar surface area (TPSA) is 57.0 Å². The van der Waals surface area contributed by atoms with E-state index in [4.69, 9.17) is 18.6 Å². The Balaban J connectivity index is 1.86. The third-order valence-electron chi connectivity index (χ3n) is 4.60. The fourth-order valence-electron chi connectivity index (χ4n) is 3.05. The Hall–Kier alpha value is -3.15. The Bertz CT molecular complexity index is 894. The molecule has 0 spiro atoms. The van der Waals surface area contributed by atoms with Crippen molar-refractivity contribution < 1.29 is 18.6 Å². The van der Waals surface area contributed by atoms with Gasteiger partial charge < -0.3 is 23.5 Å². The quantitative estimate of drug-likeness (QED) is 0.563. The molecule has 0 fully saturated rings.